The summed E-state index contributed by atoms with van der Waals surface area (Å²) in [5, 5.41) is 0. The summed E-state index contributed by atoms with van der Waals surface area (Å²) < 4.78 is 6.57. The van der Waals surface area contributed by atoms with Gasteiger partial charge in [-0.3, -0.25) is 0 Å². The summed E-state index contributed by atoms with van der Waals surface area (Å²) in [4.78, 5) is 0. The topological polar surface area (TPSA) is 35.2 Å². The van der Waals surface area contributed by atoms with Gasteiger partial charge in [0.1, 0.15) is 5.75 Å². The summed E-state index contributed by atoms with van der Waals surface area (Å²) >= 11 is 3.39. The molecule has 0 aromatic heterocycles. The smallest absolute Gasteiger partial charge is 0.123 e. The van der Waals surface area contributed by atoms with Crippen molar-refractivity contribution in [3.05, 3.63) is 28.2 Å². The number of benzene rings is 1. The van der Waals surface area contributed by atoms with Crippen LogP contribution in [0, 0.1) is 0 Å². The van der Waals surface area contributed by atoms with Crippen LogP contribution in [0.15, 0.2) is 22.7 Å². The van der Waals surface area contributed by atoms with E-state index in [-0.39, 0.29) is 12.4 Å². The van der Waals surface area contributed by atoms with E-state index < -0.39 is 0 Å². The van der Waals surface area contributed by atoms with Crippen molar-refractivity contribution in [1.82, 2.24) is 0 Å². The molecule has 0 aliphatic rings. The average molecular weight is 281 g/mol. The molecule has 0 spiro atoms. The summed E-state index contributed by atoms with van der Waals surface area (Å²) in [5.41, 5.74) is 6.63. The monoisotopic (exact) mass is 279 g/mol. The summed E-state index contributed by atoms with van der Waals surface area (Å²) in [5.74, 6) is 0.896. The first-order valence-electron chi connectivity index (χ1n) is 4.39. The van der Waals surface area contributed by atoms with E-state index in [0.717, 1.165) is 28.8 Å². The van der Waals surface area contributed by atoms with Crippen LogP contribution < -0.4 is 10.5 Å². The van der Waals surface area contributed by atoms with Gasteiger partial charge in [0, 0.05) is 16.6 Å². The highest BCUT2D eigenvalue weighted by Gasteiger charge is 2.01. The molecule has 0 saturated heterocycles. The number of ether oxygens (including phenoxy) is 1. The Morgan fingerprint density at radius 2 is 2.14 bits per heavy atom. The van der Waals surface area contributed by atoms with Crippen molar-refractivity contribution in [2.75, 3.05) is 6.61 Å². The first-order valence-corrected chi connectivity index (χ1v) is 5.18. The van der Waals surface area contributed by atoms with Crippen LogP contribution >= 0.6 is 28.3 Å². The van der Waals surface area contributed by atoms with Crippen molar-refractivity contribution in [2.45, 2.75) is 19.9 Å². The number of halogens is 2. The van der Waals surface area contributed by atoms with Gasteiger partial charge in [-0.2, -0.15) is 0 Å². The minimum absolute atomic E-state index is 0. The van der Waals surface area contributed by atoms with E-state index in [0.29, 0.717) is 6.54 Å². The molecule has 0 saturated carbocycles. The highest BCUT2D eigenvalue weighted by molar-refractivity contribution is 9.10. The maximum atomic E-state index is 5.59. The van der Waals surface area contributed by atoms with E-state index in [9.17, 15) is 0 Å². The zero-order valence-corrected chi connectivity index (χ0v) is 10.5. The molecule has 2 nitrogen and oxygen atoms in total. The van der Waals surface area contributed by atoms with Gasteiger partial charge in [-0.05, 0) is 24.6 Å². The Morgan fingerprint density at radius 1 is 1.43 bits per heavy atom. The van der Waals surface area contributed by atoms with E-state index in [1.165, 1.54) is 0 Å². The average Bonchev–Trinajstić information content (AvgIpc) is 2.16. The Kier molecular flexibility index (Phi) is 6.97. The second-order valence-electron chi connectivity index (χ2n) is 2.80. The minimum Gasteiger partial charge on any atom is -0.493 e. The molecule has 80 valence electrons. The lowest BCUT2D eigenvalue weighted by atomic mass is 10.2. The van der Waals surface area contributed by atoms with Crippen LogP contribution in [0.3, 0.4) is 0 Å². The second kappa shape index (κ2) is 7.10. The number of nitrogens with two attached hydrogens (primary N) is 1. The molecule has 0 atom stereocenters. The first-order chi connectivity index (χ1) is 6.27. The van der Waals surface area contributed by atoms with Gasteiger partial charge >= 0.3 is 0 Å². The molecule has 0 aliphatic carbocycles. The molecule has 1 aromatic rings. The van der Waals surface area contributed by atoms with E-state index in [1.54, 1.807) is 0 Å². The number of hydrogen-bond acceptors (Lipinski definition) is 2. The van der Waals surface area contributed by atoms with Crippen molar-refractivity contribution in [2.24, 2.45) is 5.73 Å². The molecule has 0 aliphatic heterocycles. The second-order valence-corrected chi connectivity index (χ2v) is 3.72. The van der Waals surface area contributed by atoms with Crippen LogP contribution in [-0.4, -0.2) is 6.61 Å². The van der Waals surface area contributed by atoms with Gasteiger partial charge in [0.25, 0.3) is 0 Å². The Morgan fingerprint density at radius 3 is 2.71 bits per heavy atom. The lowest BCUT2D eigenvalue weighted by Crippen LogP contribution is -2.03. The van der Waals surface area contributed by atoms with Crippen molar-refractivity contribution in [1.29, 1.82) is 0 Å². The van der Waals surface area contributed by atoms with Gasteiger partial charge in [-0.25, -0.2) is 0 Å². The molecule has 1 aromatic carbocycles. The van der Waals surface area contributed by atoms with E-state index in [4.69, 9.17) is 10.5 Å². The molecule has 0 amide bonds. The predicted molar refractivity (Wildman–Crippen MR) is 65.1 cm³/mol. The van der Waals surface area contributed by atoms with Crippen molar-refractivity contribution in [3.63, 3.8) is 0 Å². The lowest BCUT2D eigenvalue weighted by molar-refractivity contribution is 0.314. The van der Waals surface area contributed by atoms with Gasteiger partial charge in [0.15, 0.2) is 0 Å². The molecule has 1 rings (SSSR count). The molecular weight excluding hydrogens is 265 g/mol. The molecule has 2 N–H and O–H groups in total. The summed E-state index contributed by atoms with van der Waals surface area (Å²) in [6.45, 7) is 3.34. The zero-order valence-electron chi connectivity index (χ0n) is 8.13. The van der Waals surface area contributed by atoms with Crippen LogP contribution in [0.1, 0.15) is 18.9 Å². The van der Waals surface area contributed by atoms with Crippen molar-refractivity contribution >= 4 is 28.3 Å². The fraction of sp³-hybridized carbons (Fsp3) is 0.400. The van der Waals surface area contributed by atoms with Crippen molar-refractivity contribution in [3.8, 4) is 5.75 Å². The van der Waals surface area contributed by atoms with E-state index in [2.05, 4.69) is 22.9 Å². The Hall–Kier alpha value is -0.250. The minimum atomic E-state index is 0. The van der Waals surface area contributed by atoms with Gasteiger partial charge in [0.05, 0.1) is 6.61 Å². The number of rotatable bonds is 4. The predicted octanol–water partition coefficient (Wildman–Crippen LogP) is 3.12. The molecule has 4 heteroatoms. The van der Waals surface area contributed by atoms with Crippen molar-refractivity contribution < 1.29 is 4.74 Å². The molecule has 0 radical (unpaired) electrons. The van der Waals surface area contributed by atoms with Crippen LogP contribution in [-0.2, 0) is 6.54 Å². The lowest BCUT2D eigenvalue weighted by Gasteiger charge is -2.09. The first kappa shape index (κ1) is 13.8. The van der Waals surface area contributed by atoms with Gasteiger partial charge < -0.3 is 10.5 Å². The van der Waals surface area contributed by atoms with E-state index >= 15 is 0 Å². The largest absolute Gasteiger partial charge is 0.493 e. The zero-order chi connectivity index (χ0) is 9.68. The molecule has 0 heterocycles. The van der Waals surface area contributed by atoms with Gasteiger partial charge in [0.2, 0.25) is 0 Å². The third-order valence-electron chi connectivity index (χ3n) is 1.70. The molecule has 0 fully saturated rings. The third-order valence-corrected chi connectivity index (χ3v) is 2.20. The fourth-order valence-corrected chi connectivity index (χ4v) is 1.47. The highest BCUT2D eigenvalue weighted by atomic mass is 79.9. The van der Waals surface area contributed by atoms with E-state index in [1.807, 2.05) is 18.2 Å². The molecule has 0 unspecified atom stereocenters. The number of hydrogen-bond donors (Lipinski definition) is 1. The summed E-state index contributed by atoms with van der Waals surface area (Å²) in [7, 11) is 0. The maximum Gasteiger partial charge on any atom is 0.123 e. The quantitative estimate of drug-likeness (QED) is 0.920. The standard InChI is InChI=1S/C10H14BrNO.ClH/c1-2-5-13-10-4-3-9(11)6-8(10)7-12;/h3-4,6H,2,5,7,12H2,1H3;1H. The Balaban J connectivity index is 0.00000169. The SMILES string of the molecule is CCCOc1ccc(Br)cc1CN.Cl. The van der Waals surface area contributed by atoms with Crippen LogP contribution in [0.2, 0.25) is 0 Å². The van der Waals surface area contributed by atoms with Crippen LogP contribution in [0.25, 0.3) is 0 Å². The fourth-order valence-electron chi connectivity index (χ4n) is 1.06. The maximum absolute atomic E-state index is 5.59. The van der Waals surface area contributed by atoms with Crippen LogP contribution in [0.4, 0.5) is 0 Å². The molecule has 0 bridgehead atoms. The summed E-state index contributed by atoms with van der Waals surface area (Å²) in [6.07, 6.45) is 1.01. The molecular formula is C10H15BrClNO. The Bertz CT molecular complexity index is 281. The highest BCUT2D eigenvalue weighted by Crippen LogP contribution is 2.22. The van der Waals surface area contributed by atoms with Gasteiger partial charge in [-0.15, -0.1) is 12.4 Å². The van der Waals surface area contributed by atoms with Crippen LogP contribution in [0.5, 0.6) is 5.75 Å². The normalized spacial score (nSPS) is 9.36. The Labute approximate surface area is 99.4 Å². The van der Waals surface area contributed by atoms with Gasteiger partial charge in [-0.1, -0.05) is 22.9 Å². The third kappa shape index (κ3) is 3.86. The molecule has 14 heavy (non-hydrogen) atoms. The summed E-state index contributed by atoms with van der Waals surface area (Å²) in [6, 6.07) is 5.90.